The standard InChI is InChI=1S/C7H16N4O.ClH/c1-9(2)3-4-10-5-6-11(8)7(10)12;/h3-6,8H2,1-2H3;1H. The number of carbonyl (C=O) groups excluding carboxylic acids is 1. The molecular formula is C7H17ClN4O. The first-order valence-corrected chi connectivity index (χ1v) is 4.07. The van der Waals surface area contributed by atoms with Gasteiger partial charge in [0.2, 0.25) is 0 Å². The number of hydrogen-bond acceptors (Lipinski definition) is 3. The lowest BCUT2D eigenvalue weighted by molar-refractivity contribution is 0.189. The van der Waals surface area contributed by atoms with Crippen LogP contribution in [0.1, 0.15) is 0 Å². The molecule has 1 aliphatic heterocycles. The van der Waals surface area contributed by atoms with Crippen molar-refractivity contribution in [3.05, 3.63) is 0 Å². The zero-order valence-electron chi connectivity index (χ0n) is 8.06. The van der Waals surface area contributed by atoms with E-state index < -0.39 is 0 Å². The van der Waals surface area contributed by atoms with Crippen molar-refractivity contribution >= 4 is 18.4 Å². The second-order valence-corrected chi connectivity index (χ2v) is 3.27. The number of urea groups is 1. The predicted molar refractivity (Wildman–Crippen MR) is 53.7 cm³/mol. The van der Waals surface area contributed by atoms with Gasteiger partial charge < -0.3 is 9.80 Å². The van der Waals surface area contributed by atoms with Gasteiger partial charge in [-0.3, -0.25) is 5.01 Å². The molecule has 2 N–H and O–H groups in total. The normalized spacial score (nSPS) is 16.8. The molecule has 5 nitrogen and oxygen atoms in total. The quantitative estimate of drug-likeness (QED) is 0.507. The van der Waals surface area contributed by atoms with Gasteiger partial charge in [0.1, 0.15) is 0 Å². The first-order valence-electron chi connectivity index (χ1n) is 4.07. The molecule has 0 bridgehead atoms. The monoisotopic (exact) mass is 208 g/mol. The minimum absolute atomic E-state index is 0. The lowest BCUT2D eigenvalue weighted by Crippen LogP contribution is -2.38. The molecule has 0 aromatic carbocycles. The summed E-state index contributed by atoms with van der Waals surface area (Å²) in [5.41, 5.74) is 0. The van der Waals surface area contributed by atoms with Gasteiger partial charge in [0.05, 0.1) is 6.54 Å². The summed E-state index contributed by atoms with van der Waals surface area (Å²) in [7, 11) is 3.97. The lowest BCUT2D eigenvalue weighted by atomic mass is 10.5. The Labute approximate surface area is 84.8 Å². The molecule has 13 heavy (non-hydrogen) atoms. The number of rotatable bonds is 3. The largest absolute Gasteiger partial charge is 0.334 e. The van der Waals surface area contributed by atoms with E-state index in [-0.39, 0.29) is 18.4 Å². The lowest BCUT2D eigenvalue weighted by Gasteiger charge is -2.18. The van der Waals surface area contributed by atoms with E-state index in [9.17, 15) is 4.79 Å². The Kier molecular flexibility index (Phi) is 5.05. The van der Waals surface area contributed by atoms with Crippen molar-refractivity contribution in [2.45, 2.75) is 0 Å². The Morgan fingerprint density at radius 1 is 1.46 bits per heavy atom. The molecule has 1 saturated heterocycles. The second kappa shape index (κ2) is 5.26. The van der Waals surface area contributed by atoms with Crippen LogP contribution in [0.5, 0.6) is 0 Å². The van der Waals surface area contributed by atoms with E-state index in [0.717, 1.165) is 19.6 Å². The molecule has 0 saturated carbocycles. The van der Waals surface area contributed by atoms with Gasteiger partial charge in [-0.1, -0.05) is 0 Å². The van der Waals surface area contributed by atoms with Gasteiger partial charge in [-0.05, 0) is 14.1 Å². The maximum absolute atomic E-state index is 11.2. The van der Waals surface area contributed by atoms with Gasteiger partial charge >= 0.3 is 6.03 Å². The summed E-state index contributed by atoms with van der Waals surface area (Å²) in [6.07, 6.45) is 0. The number of nitrogens with zero attached hydrogens (tertiary/aromatic N) is 3. The van der Waals surface area contributed by atoms with E-state index >= 15 is 0 Å². The molecule has 0 aromatic rings. The van der Waals surface area contributed by atoms with Gasteiger partial charge in [-0.25, -0.2) is 10.6 Å². The van der Waals surface area contributed by atoms with Gasteiger partial charge in [0, 0.05) is 19.6 Å². The predicted octanol–water partition coefficient (Wildman–Crippen LogP) is -0.419. The first-order chi connectivity index (χ1) is 5.61. The summed E-state index contributed by atoms with van der Waals surface area (Å²) < 4.78 is 0. The third kappa shape index (κ3) is 3.38. The molecular weight excluding hydrogens is 192 g/mol. The summed E-state index contributed by atoms with van der Waals surface area (Å²) in [6.45, 7) is 3.05. The van der Waals surface area contributed by atoms with Gasteiger partial charge in [0.25, 0.3) is 0 Å². The van der Waals surface area contributed by atoms with Crippen molar-refractivity contribution in [3.8, 4) is 0 Å². The number of halogens is 1. The summed E-state index contributed by atoms with van der Waals surface area (Å²) in [5, 5.41) is 1.26. The second-order valence-electron chi connectivity index (χ2n) is 3.27. The van der Waals surface area contributed by atoms with E-state index in [2.05, 4.69) is 0 Å². The Morgan fingerprint density at radius 3 is 2.46 bits per heavy atom. The molecule has 1 aliphatic rings. The fourth-order valence-corrected chi connectivity index (χ4v) is 1.13. The van der Waals surface area contributed by atoms with Crippen LogP contribution in [0.4, 0.5) is 4.79 Å². The fraction of sp³-hybridized carbons (Fsp3) is 0.857. The van der Waals surface area contributed by atoms with Crippen LogP contribution in [0, 0.1) is 0 Å². The molecule has 0 spiro atoms. The van der Waals surface area contributed by atoms with Crippen LogP contribution in [0.15, 0.2) is 0 Å². The molecule has 0 aromatic heterocycles. The molecule has 78 valence electrons. The average molecular weight is 209 g/mol. The van der Waals surface area contributed by atoms with Crippen LogP contribution < -0.4 is 5.84 Å². The van der Waals surface area contributed by atoms with Crippen molar-refractivity contribution in [3.63, 3.8) is 0 Å². The van der Waals surface area contributed by atoms with Crippen LogP contribution >= 0.6 is 12.4 Å². The third-order valence-corrected chi connectivity index (χ3v) is 1.94. The summed E-state index contributed by atoms with van der Waals surface area (Å²) in [4.78, 5) is 15.0. The summed E-state index contributed by atoms with van der Waals surface area (Å²) in [6, 6.07) is -0.0585. The van der Waals surface area contributed by atoms with E-state index in [1.807, 2.05) is 19.0 Å². The van der Waals surface area contributed by atoms with Gasteiger partial charge in [-0.2, -0.15) is 0 Å². The van der Waals surface area contributed by atoms with Crippen LogP contribution in [0.3, 0.4) is 0 Å². The van der Waals surface area contributed by atoms with Crippen LogP contribution in [-0.4, -0.2) is 61.1 Å². The number of nitrogens with two attached hydrogens (primary N) is 1. The van der Waals surface area contributed by atoms with Crippen molar-refractivity contribution < 1.29 is 4.79 Å². The zero-order chi connectivity index (χ0) is 9.14. The molecule has 2 amide bonds. The number of likely N-dealkylation sites (N-methyl/N-ethyl adjacent to an activating group) is 1. The van der Waals surface area contributed by atoms with E-state index in [1.54, 1.807) is 4.90 Å². The van der Waals surface area contributed by atoms with Crippen molar-refractivity contribution in [2.24, 2.45) is 5.84 Å². The minimum atomic E-state index is -0.0585. The van der Waals surface area contributed by atoms with Crippen LogP contribution in [0.25, 0.3) is 0 Å². The molecule has 0 radical (unpaired) electrons. The smallest absolute Gasteiger partial charge is 0.320 e. The summed E-state index contributed by atoms with van der Waals surface area (Å²) >= 11 is 0. The average Bonchev–Trinajstić information content (AvgIpc) is 2.30. The zero-order valence-corrected chi connectivity index (χ0v) is 8.88. The highest BCUT2D eigenvalue weighted by Crippen LogP contribution is 2.02. The van der Waals surface area contributed by atoms with Crippen LogP contribution in [-0.2, 0) is 0 Å². The number of hydrazine groups is 1. The van der Waals surface area contributed by atoms with Crippen molar-refractivity contribution in [1.82, 2.24) is 14.8 Å². The molecule has 1 heterocycles. The minimum Gasteiger partial charge on any atom is -0.320 e. The SMILES string of the molecule is CN(C)CCN1CCN(N)C1=O.Cl. The molecule has 1 rings (SSSR count). The highest BCUT2D eigenvalue weighted by atomic mass is 35.5. The van der Waals surface area contributed by atoms with Gasteiger partial charge in [-0.15, -0.1) is 12.4 Å². The number of amides is 2. The summed E-state index contributed by atoms with van der Waals surface area (Å²) in [5.74, 6) is 5.40. The van der Waals surface area contributed by atoms with Crippen LogP contribution in [0.2, 0.25) is 0 Å². The topological polar surface area (TPSA) is 52.8 Å². The Hall–Kier alpha value is -0.520. The van der Waals surface area contributed by atoms with E-state index in [0.29, 0.717) is 6.54 Å². The first kappa shape index (κ1) is 12.5. The highest BCUT2D eigenvalue weighted by molar-refractivity contribution is 5.85. The van der Waals surface area contributed by atoms with E-state index in [4.69, 9.17) is 5.84 Å². The van der Waals surface area contributed by atoms with Crippen molar-refractivity contribution in [1.29, 1.82) is 0 Å². The molecule has 0 aliphatic carbocycles. The highest BCUT2D eigenvalue weighted by Gasteiger charge is 2.25. The number of hydrogen-bond donors (Lipinski definition) is 1. The molecule has 0 atom stereocenters. The fourth-order valence-electron chi connectivity index (χ4n) is 1.13. The maximum atomic E-state index is 11.2. The number of carbonyl (C=O) groups is 1. The molecule has 0 unspecified atom stereocenters. The van der Waals surface area contributed by atoms with Crippen molar-refractivity contribution in [2.75, 3.05) is 40.3 Å². The Morgan fingerprint density at radius 2 is 2.08 bits per heavy atom. The van der Waals surface area contributed by atoms with Gasteiger partial charge in [0.15, 0.2) is 0 Å². The van der Waals surface area contributed by atoms with E-state index in [1.165, 1.54) is 5.01 Å². The Bertz CT molecular complexity index is 176. The Balaban J connectivity index is 0.00000144. The molecule has 6 heteroatoms. The maximum Gasteiger partial charge on any atom is 0.334 e. The third-order valence-electron chi connectivity index (χ3n) is 1.94. The molecule has 1 fully saturated rings.